The molecule has 1 aromatic carbocycles. The summed E-state index contributed by atoms with van der Waals surface area (Å²) >= 11 is 6.47. The van der Waals surface area contributed by atoms with E-state index in [0.717, 1.165) is 0 Å². The van der Waals surface area contributed by atoms with Gasteiger partial charge in [0.1, 0.15) is 5.60 Å². The van der Waals surface area contributed by atoms with Crippen molar-refractivity contribution in [2.75, 3.05) is 32.4 Å². The lowest BCUT2D eigenvalue weighted by Gasteiger charge is -2.39. The molecule has 0 aromatic heterocycles. The normalized spacial score (nSPS) is 20.6. The Bertz CT molecular complexity index is 1140. The maximum Gasteiger partial charge on any atom is 0.414 e. The molecule has 0 spiro atoms. The summed E-state index contributed by atoms with van der Waals surface area (Å²) in [4.78, 5) is 41.9. The second-order valence-electron chi connectivity index (χ2n) is 10.5. The van der Waals surface area contributed by atoms with Crippen molar-refractivity contribution in [1.29, 1.82) is 0 Å². The molecule has 0 saturated carbocycles. The van der Waals surface area contributed by atoms with Gasteiger partial charge < -0.3 is 15.0 Å². The molecule has 1 aromatic rings. The molecule has 208 valence electrons. The second kappa shape index (κ2) is 12.4. The maximum absolute atomic E-state index is 15.4. The fraction of sp³-hybridized carbons (Fsp3) is 0.519. The predicted octanol–water partition coefficient (Wildman–Crippen LogP) is 4.28. The predicted molar refractivity (Wildman–Crippen MR) is 146 cm³/mol. The highest BCUT2D eigenvalue weighted by Gasteiger charge is 2.44. The Morgan fingerprint density at radius 3 is 2.47 bits per heavy atom. The van der Waals surface area contributed by atoms with Gasteiger partial charge >= 0.3 is 6.09 Å². The quantitative estimate of drug-likeness (QED) is 0.554. The van der Waals surface area contributed by atoms with E-state index in [4.69, 9.17) is 16.3 Å². The largest absolute Gasteiger partial charge is 0.443 e. The van der Waals surface area contributed by atoms with Crippen molar-refractivity contribution in [3.05, 3.63) is 52.5 Å². The fourth-order valence-corrected chi connectivity index (χ4v) is 5.05. The van der Waals surface area contributed by atoms with Gasteiger partial charge in [-0.3, -0.25) is 18.7 Å². The van der Waals surface area contributed by atoms with Gasteiger partial charge in [-0.1, -0.05) is 35.9 Å². The fourth-order valence-electron chi connectivity index (χ4n) is 4.44. The minimum absolute atomic E-state index is 0.0783. The van der Waals surface area contributed by atoms with Crippen molar-refractivity contribution < 1.29 is 27.7 Å². The summed E-state index contributed by atoms with van der Waals surface area (Å²) in [5, 5.41) is 4.38. The summed E-state index contributed by atoms with van der Waals surface area (Å²) in [6, 6.07) is 7.10. The van der Waals surface area contributed by atoms with Gasteiger partial charge in [-0.2, -0.15) is 0 Å². The number of halogens is 2. The molecule has 0 aliphatic carbocycles. The number of benzene rings is 1. The van der Waals surface area contributed by atoms with Crippen molar-refractivity contribution in [3.8, 4) is 0 Å². The van der Waals surface area contributed by atoms with E-state index < -0.39 is 40.0 Å². The lowest BCUT2D eigenvalue weighted by Crippen LogP contribution is -2.53. The van der Waals surface area contributed by atoms with Crippen LogP contribution in [-0.2, 0) is 25.1 Å². The summed E-state index contributed by atoms with van der Waals surface area (Å²) < 4.78 is 32.0. The average Bonchev–Trinajstić information content (AvgIpc) is 2.85. The van der Waals surface area contributed by atoms with E-state index in [0.29, 0.717) is 22.6 Å². The van der Waals surface area contributed by atoms with Crippen molar-refractivity contribution >= 4 is 45.9 Å². The number of piperidine rings is 1. The summed E-state index contributed by atoms with van der Waals surface area (Å²) in [7, 11) is -1.15. The number of carbonyl (C=O) groups is 3. The zero-order valence-corrected chi connectivity index (χ0v) is 23.7. The molecule has 1 fully saturated rings. The van der Waals surface area contributed by atoms with Crippen LogP contribution in [0.5, 0.6) is 0 Å². The van der Waals surface area contributed by atoms with Gasteiger partial charge in [0.05, 0.1) is 5.92 Å². The van der Waals surface area contributed by atoms with E-state index in [-0.39, 0.29) is 44.9 Å². The molecule has 2 heterocycles. The number of alkyl halides is 1. The van der Waals surface area contributed by atoms with Gasteiger partial charge in [-0.05, 0) is 49.8 Å². The molecule has 1 N–H and O–H groups in total. The molecular weight excluding hydrogens is 533 g/mol. The first kappa shape index (κ1) is 29.8. The highest BCUT2D eigenvalue weighted by atomic mass is 35.5. The van der Waals surface area contributed by atoms with Gasteiger partial charge in [0.15, 0.2) is 5.67 Å². The van der Waals surface area contributed by atoms with Crippen LogP contribution >= 0.6 is 11.6 Å². The van der Waals surface area contributed by atoms with Crippen LogP contribution in [0.15, 0.2) is 41.9 Å². The molecule has 2 aliphatic rings. The molecular formula is C27H35ClFN3O5S. The standard InChI is InChI=1S/C27H35ClFN3O5S/c1-26(2,3)37-25(35)32-14-10-20(21(18-32)19-8-5-6-9-22(19)28)23(33)31-15-11-27(29,12-16-31)24(34)30-13-7-17-38(4)36/h5-9,17-18,20H,10-16H2,1-4H3,(H,30,34)/b17-7-. The first-order valence-corrected chi connectivity index (χ1v) is 14.5. The van der Waals surface area contributed by atoms with Crippen LogP contribution in [0.25, 0.3) is 5.57 Å². The highest BCUT2D eigenvalue weighted by Crippen LogP contribution is 2.37. The van der Waals surface area contributed by atoms with Gasteiger partial charge in [0.25, 0.3) is 5.91 Å². The van der Waals surface area contributed by atoms with Gasteiger partial charge in [-0.25, -0.2) is 9.18 Å². The van der Waals surface area contributed by atoms with Gasteiger partial charge in [0.2, 0.25) is 5.91 Å². The number of hydrogen-bond donors (Lipinski definition) is 1. The summed E-state index contributed by atoms with van der Waals surface area (Å²) in [5.41, 5.74) is -1.53. The number of amides is 3. The summed E-state index contributed by atoms with van der Waals surface area (Å²) in [6.07, 6.45) is 4.20. The molecule has 2 aliphatic heterocycles. The van der Waals surface area contributed by atoms with E-state index in [1.54, 1.807) is 56.1 Å². The Morgan fingerprint density at radius 2 is 1.87 bits per heavy atom. The third-order valence-electron chi connectivity index (χ3n) is 6.38. The second-order valence-corrected chi connectivity index (χ2v) is 12.1. The van der Waals surface area contributed by atoms with Crippen LogP contribution in [0, 0.1) is 5.92 Å². The number of nitrogens with zero attached hydrogens (tertiary/aromatic N) is 2. The molecule has 0 radical (unpaired) electrons. The van der Waals surface area contributed by atoms with E-state index in [1.807, 2.05) is 0 Å². The molecule has 8 nitrogen and oxygen atoms in total. The zero-order valence-electron chi connectivity index (χ0n) is 22.2. The monoisotopic (exact) mass is 567 g/mol. The van der Waals surface area contributed by atoms with Gasteiger partial charge in [0, 0.05) is 67.3 Å². The first-order chi connectivity index (χ1) is 17.8. The molecule has 2 unspecified atom stereocenters. The van der Waals surface area contributed by atoms with E-state index in [2.05, 4.69) is 5.32 Å². The lowest BCUT2D eigenvalue weighted by atomic mass is 9.85. The van der Waals surface area contributed by atoms with Crippen LogP contribution in [0.3, 0.4) is 0 Å². The molecule has 0 bridgehead atoms. The Hall–Kier alpha value is -2.72. The summed E-state index contributed by atoms with van der Waals surface area (Å²) in [6.45, 7) is 5.87. The van der Waals surface area contributed by atoms with Crippen LogP contribution in [-0.4, -0.2) is 75.6 Å². The highest BCUT2D eigenvalue weighted by molar-refractivity contribution is 7.87. The first-order valence-electron chi connectivity index (χ1n) is 12.5. The van der Waals surface area contributed by atoms with Crippen LogP contribution in [0.4, 0.5) is 9.18 Å². The van der Waals surface area contributed by atoms with Crippen LogP contribution < -0.4 is 5.32 Å². The van der Waals surface area contributed by atoms with E-state index in [1.165, 1.54) is 22.6 Å². The number of likely N-dealkylation sites (tertiary alicyclic amines) is 1. The number of ether oxygens (including phenoxy) is 1. The number of rotatable bonds is 6. The number of nitrogens with one attached hydrogen (secondary N) is 1. The number of hydrogen-bond acceptors (Lipinski definition) is 5. The SMILES string of the molecule is CS(=O)/C=C\CNC(=O)C1(F)CCN(C(=O)C2CCN(C(=O)OC(C)(C)C)C=C2c2ccccc2Cl)CC1. The smallest absolute Gasteiger partial charge is 0.414 e. The molecule has 3 rings (SSSR count). The van der Waals surface area contributed by atoms with E-state index in [9.17, 15) is 18.6 Å². The summed E-state index contributed by atoms with van der Waals surface area (Å²) in [5.74, 6) is -1.52. The van der Waals surface area contributed by atoms with Crippen molar-refractivity contribution in [3.63, 3.8) is 0 Å². The third-order valence-corrected chi connectivity index (χ3v) is 7.29. The lowest BCUT2D eigenvalue weighted by molar-refractivity contribution is -0.143. The molecule has 38 heavy (non-hydrogen) atoms. The molecule has 2 atom stereocenters. The maximum atomic E-state index is 15.4. The molecule has 3 amide bonds. The zero-order chi connectivity index (χ0) is 28.1. The minimum atomic E-state index is -2.09. The molecule has 11 heteroatoms. The Morgan fingerprint density at radius 1 is 1.21 bits per heavy atom. The van der Waals surface area contributed by atoms with E-state index >= 15 is 4.39 Å². The minimum Gasteiger partial charge on any atom is -0.443 e. The van der Waals surface area contributed by atoms with Crippen molar-refractivity contribution in [1.82, 2.24) is 15.1 Å². The average molecular weight is 568 g/mol. The van der Waals surface area contributed by atoms with Crippen molar-refractivity contribution in [2.45, 2.75) is 51.3 Å². The van der Waals surface area contributed by atoms with Crippen LogP contribution in [0.1, 0.15) is 45.6 Å². The van der Waals surface area contributed by atoms with Crippen molar-refractivity contribution in [2.24, 2.45) is 5.92 Å². The van der Waals surface area contributed by atoms with Gasteiger partial charge in [-0.15, -0.1) is 0 Å². The van der Waals surface area contributed by atoms with Crippen LogP contribution in [0.2, 0.25) is 5.02 Å². The Balaban J connectivity index is 1.74. The third kappa shape index (κ3) is 7.66. The number of carbonyl (C=O) groups excluding carboxylic acids is 3. The Labute approximate surface area is 230 Å². The molecule has 1 saturated heterocycles. The Kier molecular flexibility index (Phi) is 9.75. The topological polar surface area (TPSA) is 96.0 Å².